The van der Waals surface area contributed by atoms with Gasteiger partial charge in [0.05, 0.1) is 12.3 Å². The Morgan fingerprint density at radius 1 is 1.29 bits per heavy atom. The minimum atomic E-state index is 0.454. The standard InChI is InChI=1S/C16H30N4O/c1-5-10-20(6-2)11-9-18-15-8-7-14(17)16(19-15)21-12-13(3)4/h7-8,13H,5-6,9-12,17H2,1-4H3,(H,18,19). The van der Waals surface area contributed by atoms with Crippen molar-refractivity contribution in [2.75, 3.05) is 43.8 Å². The molecule has 1 aromatic rings. The van der Waals surface area contributed by atoms with Gasteiger partial charge in [-0.25, -0.2) is 0 Å². The van der Waals surface area contributed by atoms with Crippen LogP contribution in [0.5, 0.6) is 5.88 Å². The lowest BCUT2D eigenvalue weighted by atomic mass is 10.2. The molecule has 1 aromatic heterocycles. The molecule has 0 aliphatic rings. The normalized spacial score (nSPS) is 11.1. The molecule has 0 spiro atoms. The van der Waals surface area contributed by atoms with Crippen LogP contribution in [-0.4, -0.2) is 42.7 Å². The summed E-state index contributed by atoms with van der Waals surface area (Å²) >= 11 is 0. The molecule has 3 N–H and O–H groups in total. The maximum absolute atomic E-state index is 5.89. The van der Waals surface area contributed by atoms with Crippen LogP contribution in [-0.2, 0) is 0 Å². The molecule has 0 unspecified atom stereocenters. The Hall–Kier alpha value is -1.49. The van der Waals surface area contributed by atoms with Crippen molar-refractivity contribution in [3.8, 4) is 5.88 Å². The van der Waals surface area contributed by atoms with Crippen molar-refractivity contribution in [1.82, 2.24) is 9.88 Å². The maximum atomic E-state index is 5.89. The summed E-state index contributed by atoms with van der Waals surface area (Å²) in [7, 11) is 0. The van der Waals surface area contributed by atoms with Gasteiger partial charge >= 0.3 is 0 Å². The van der Waals surface area contributed by atoms with E-state index in [4.69, 9.17) is 10.5 Å². The lowest BCUT2D eigenvalue weighted by molar-refractivity contribution is 0.263. The summed E-state index contributed by atoms with van der Waals surface area (Å²) in [6.07, 6.45) is 1.18. The molecule has 0 atom stereocenters. The molecule has 0 amide bonds. The van der Waals surface area contributed by atoms with E-state index < -0.39 is 0 Å². The van der Waals surface area contributed by atoms with Crippen molar-refractivity contribution in [3.05, 3.63) is 12.1 Å². The molecule has 0 bridgehead atoms. The van der Waals surface area contributed by atoms with Gasteiger partial charge in [-0.3, -0.25) is 0 Å². The topological polar surface area (TPSA) is 63.4 Å². The molecule has 1 heterocycles. The molecule has 21 heavy (non-hydrogen) atoms. The van der Waals surface area contributed by atoms with E-state index in [9.17, 15) is 0 Å². The highest BCUT2D eigenvalue weighted by Crippen LogP contribution is 2.21. The van der Waals surface area contributed by atoms with Gasteiger partial charge in [0.15, 0.2) is 0 Å². The van der Waals surface area contributed by atoms with Crippen LogP contribution in [0.2, 0.25) is 0 Å². The number of aromatic nitrogens is 1. The molecule has 0 aromatic carbocycles. The Balaban J connectivity index is 2.49. The Bertz CT molecular complexity index is 409. The van der Waals surface area contributed by atoms with Crippen molar-refractivity contribution < 1.29 is 4.74 Å². The van der Waals surface area contributed by atoms with Crippen molar-refractivity contribution in [2.24, 2.45) is 5.92 Å². The molecule has 120 valence electrons. The molecule has 0 aliphatic heterocycles. The van der Waals surface area contributed by atoms with Crippen molar-refractivity contribution >= 4 is 11.5 Å². The van der Waals surface area contributed by atoms with Crippen LogP contribution in [0.1, 0.15) is 34.1 Å². The molecule has 5 nitrogen and oxygen atoms in total. The minimum absolute atomic E-state index is 0.454. The summed E-state index contributed by atoms with van der Waals surface area (Å²) in [5.41, 5.74) is 6.48. The molecule has 0 saturated carbocycles. The number of hydrogen-bond acceptors (Lipinski definition) is 5. The second-order valence-corrected chi connectivity index (χ2v) is 5.66. The van der Waals surface area contributed by atoms with Gasteiger partial charge < -0.3 is 20.7 Å². The molecule has 0 aliphatic carbocycles. The van der Waals surface area contributed by atoms with Gasteiger partial charge in [0.25, 0.3) is 0 Å². The predicted molar refractivity (Wildman–Crippen MR) is 89.9 cm³/mol. The summed E-state index contributed by atoms with van der Waals surface area (Å²) in [5, 5.41) is 3.33. The third kappa shape index (κ3) is 6.67. The Morgan fingerprint density at radius 2 is 2.05 bits per heavy atom. The highest BCUT2D eigenvalue weighted by Gasteiger charge is 2.06. The zero-order chi connectivity index (χ0) is 15.7. The average molecular weight is 294 g/mol. The first kappa shape index (κ1) is 17.6. The van der Waals surface area contributed by atoms with Crippen molar-refractivity contribution in [1.29, 1.82) is 0 Å². The number of nitrogens with zero attached hydrogens (tertiary/aromatic N) is 2. The van der Waals surface area contributed by atoms with Gasteiger partial charge in [0, 0.05) is 13.1 Å². The lowest BCUT2D eigenvalue weighted by Crippen LogP contribution is -2.29. The van der Waals surface area contributed by atoms with Crippen molar-refractivity contribution in [3.63, 3.8) is 0 Å². The van der Waals surface area contributed by atoms with Gasteiger partial charge in [-0.05, 0) is 37.6 Å². The van der Waals surface area contributed by atoms with Crippen LogP contribution < -0.4 is 15.8 Å². The smallest absolute Gasteiger partial charge is 0.239 e. The fourth-order valence-electron chi connectivity index (χ4n) is 2.00. The van der Waals surface area contributed by atoms with E-state index >= 15 is 0 Å². The van der Waals surface area contributed by atoms with Gasteiger partial charge in [-0.1, -0.05) is 27.7 Å². The zero-order valence-corrected chi connectivity index (χ0v) is 13.9. The van der Waals surface area contributed by atoms with Crippen LogP contribution in [0.25, 0.3) is 0 Å². The second-order valence-electron chi connectivity index (χ2n) is 5.66. The molecular weight excluding hydrogens is 264 g/mol. The number of hydrogen-bond donors (Lipinski definition) is 2. The van der Waals surface area contributed by atoms with E-state index in [-0.39, 0.29) is 0 Å². The quantitative estimate of drug-likeness (QED) is 0.695. The number of likely N-dealkylation sites (N-methyl/N-ethyl adjacent to an activating group) is 1. The molecule has 1 rings (SSSR count). The van der Waals surface area contributed by atoms with Crippen molar-refractivity contribution in [2.45, 2.75) is 34.1 Å². The monoisotopic (exact) mass is 294 g/mol. The van der Waals surface area contributed by atoms with Gasteiger partial charge in [-0.15, -0.1) is 0 Å². The van der Waals surface area contributed by atoms with Gasteiger partial charge in [0.2, 0.25) is 5.88 Å². The Kier molecular flexibility index (Phi) is 7.90. The fraction of sp³-hybridized carbons (Fsp3) is 0.688. The third-order valence-corrected chi connectivity index (χ3v) is 3.16. The highest BCUT2D eigenvalue weighted by molar-refractivity contribution is 5.53. The summed E-state index contributed by atoms with van der Waals surface area (Å²) < 4.78 is 5.64. The minimum Gasteiger partial charge on any atom is -0.476 e. The van der Waals surface area contributed by atoms with Crippen LogP contribution in [0.15, 0.2) is 12.1 Å². The first-order valence-electron chi connectivity index (χ1n) is 7.92. The number of ether oxygens (including phenoxy) is 1. The summed E-state index contributed by atoms with van der Waals surface area (Å²) in [4.78, 5) is 6.85. The number of rotatable bonds is 10. The maximum Gasteiger partial charge on any atom is 0.239 e. The van der Waals surface area contributed by atoms with E-state index in [1.54, 1.807) is 0 Å². The summed E-state index contributed by atoms with van der Waals surface area (Å²) in [5.74, 6) is 1.79. The van der Waals surface area contributed by atoms with Gasteiger partial charge in [0.1, 0.15) is 5.82 Å². The van der Waals surface area contributed by atoms with Crippen LogP contribution in [0, 0.1) is 5.92 Å². The van der Waals surface area contributed by atoms with E-state index in [1.807, 2.05) is 12.1 Å². The van der Waals surface area contributed by atoms with Crippen LogP contribution >= 0.6 is 0 Å². The summed E-state index contributed by atoms with van der Waals surface area (Å²) in [6, 6.07) is 3.74. The predicted octanol–water partition coefficient (Wildman–Crippen LogP) is 2.84. The first-order chi connectivity index (χ1) is 10.1. The largest absolute Gasteiger partial charge is 0.476 e. The third-order valence-electron chi connectivity index (χ3n) is 3.16. The van der Waals surface area contributed by atoms with E-state index in [1.165, 1.54) is 6.42 Å². The van der Waals surface area contributed by atoms with E-state index in [0.29, 0.717) is 24.1 Å². The molecule has 0 radical (unpaired) electrons. The molecule has 0 fully saturated rings. The van der Waals surface area contributed by atoms with E-state index in [2.05, 4.69) is 42.9 Å². The van der Waals surface area contributed by atoms with Crippen LogP contribution in [0.4, 0.5) is 11.5 Å². The number of nitrogen functional groups attached to an aromatic ring is 1. The summed E-state index contributed by atoms with van der Waals surface area (Å²) in [6.45, 7) is 13.3. The van der Waals surface area contributed by atoms with Crippen LogP contribution in [0.3, 0.4) is 0 Å². The zero-order valence-electron chi connectivity index (χ0n) is 13.9. The Labute approximate surface area is 128 Å². The second kappa shape index (κ2) is 9.45. The van der Waals surface area contributed by atoms with Gasteiger partial charge in [-0.2, -0.15) is 4.98 Å². The number of pyridine rings is 1. The Morgan fingerprint density at radius 3 is 2.67 bits per heavy atom. The number of anilines is 2. The molecular formula is C16H30N4O. The highest BCUT2D eigenvalue weighted by atomic mass is 16.5. The lowest BCUT2D eigenvalue weighted by Gasteiger charge is -2.20. The fourth-order valence-corrected chi connectivity index (χ4v) is 2.00. The molecule has 5 heteroatoms. The van der Waals surface area contributed by atoms with E-state index in [0.717, 1.165) is 32.0 Å². The average Bonchev–Trinajstić information content (AvgIpc) is 2.46. The first-order valence-corrected chi connectivity index (χ1v) is 7.92. The number of nitrogens with two attached hydrogens (primary N) is 1. The molecule has 0 saturated heterocycles. The SMILES string of the molecule is CCCN(CC)CCNc1ccc(N)c(OCC(C)C)n1. The number of nitrogens with one attached hydrogen (secondary N) is 1.